The Hall–Kier alpha value is -2.92. The number of nitrogens with zero attached hydrogens (tertiary/aromatic N) is 2. The number of sulfonamides is 1. The fourth-order valence-electron chi connectivity index (χ4n) is 3.80. The number of hydrogen-bond donors (Lipinski definition) is 1. The molecule has 0 saturated carbocycles. The van der Waals surface area contributed by atoms with Crippen LogP contribution in [-0.2, 0) is 21.0 Å². The van der Waals surface area contributed by atoms with E-state index in [1.54, 1.807) is 6.92 Å². The lowest BCUT2D eigenvalue weighted by atomic mass is 10.0. The molecule has 2 amide bonds. The van der Waals surface area contributed by atoms with Crippen molar-refractivity contribution in [1.29, 1.82) is 0 Å². The third-order valence-corrected chi connectivity index (χ3v) is 7.58. The molecule has 1 N–H and O–H groups in total. The summed E-state index contributed by atoms with van der Waals surface area (Å²) in [6.07, 6.45) is -3.43. The topological polar surface area (TPSA) is 86.8 Å². The SMILES string of the molecule is C[C@@H](NC(=O)[C@H]1CCCN1C(=O)c1cccc(S(=O)(=O)N(C)C)c1)c1ccc(C(F)(F)F)cc1. The van der Waals surface area contributed by atoms with E-state index in [0.717, 1.165) is 16.4 Å². The van der Waals surface area contributed by atoms with E-state index < -0.39 is 45.7 Å². The van der Waals surface area contributed by atoms with Gasteiger partial charge in [-0.15, -0.1) is 0 Å². The lowest BCUT2D eigenvalue weighted by Gasteiger charge is -2.26. The third kappa shape index (κ3) is 5.41. The fourth-order valence-corrected chi connectivity index (χ4v) is 4.75. The van der Waals surface area contributed by atoms with Crippen molar-refractivity contribution < 1.29 is 31.2 Å². The van der Waals surface area contributed by atoms with E-state index in [0.29, 0.717) is 24.9 Å². The first kappa shape index (κ1) is 25.7. The van der Waals surface area contributed by atoms with Gasteiger partial charge in [0.1, 0.15) is 6.04 Å². The Morgan fingerprint density at radius 2 is 1.76 bits per heavy atom. The second kappa shape index (κ2) is 9.75. The average Bonchev–Trinajstić information content (AvgIpc) is 3.28. The summed E-state index contributed by atoms with van der Waals surface area (Å²) in [5.41, 5.74) is -0.127. The van der Waals surface area contributed by atoms with Crippen molar-refractivity contribution in [2.45, 2.75) is 42.9 Å². The highest BCUT2D eigenvalue weighted by Gasteiger charge is 2.36. The molecule has 1 fully saturated rings. The monoisotopic (exact) mass is 497 g/mol. The van der Waals surface area contributed by atoms with Gasteiger partial charge in [0.05, 0.1) is 16.5 Å². The quantitative estimate of drug-likeness (QED) is 0.663. The van der Waals surface area contributed by atoms with Crippen LogP contribution >= 0.6 is 0 Å². The molecule has 1 aliphatic rings. The van der Waals surface area contributed by atoms with E-state index in [4.69, 9.17) is 0 Å². The summed E-state index contributed by atoms with van der Waals surface area (Å²) < 4.78 is 64.2. The van der Waals surface area contributed by atoms with Crippen molar-refractivity contribution in [3.05, 3.63) is 65.2 Å². The number of rotatable bonds is 6. The predicted molar refractivity (Wildman–Crippen MR) is 119 cm³/mol. The Labute approximate surface area is 196 Å². The summed E-state index contributed by atoms with van der Waals surface area (Å²) in [4.78, 5) is 27.4. The zero-order chi connectivity index (χ0) is 25.3. The molecular formula is C23H26F3N3O4S. The molecule has 2 aromatic rings. The van der Waals surface area contributed by atoms with E-state index >= 15 is 0 Å². The van der Waals surface area contributed by atoms with Crippen molar-refractivity contribution in [2.24, 2.45) is 0 Å². The van der Waals surface area contributed by atoms with E-state index in [-0.39, 0.29) is 10.5 Å². The first-order valence-electron chi connectivity index (χ1n) is 10.6. The normalized spacial score (nSPS) is 17.6. The van der Waals surface area contributed by atoms with Crippen LogP contribution in [0.4, 0.5) is 13.2 Å². The van der Waals surface area contributed by atoms with Gasteiger partial charge in [-0.2, -0.15) is 13.2 Å². The van der Waals surface area contributed by atoms with Gasteiger partial charge >= 0.3 is 6.18 Å². The molecule has 2 aromatic carbocycles. The molecule has 0 spiro atoms. The van der Waals surface area contributed by atoms with Crippen molar-refractivity contribution in [3.63, 3.8) is 0 Å². The average molecular weight is 498 g/mol. The van der Waals surface area contributed by atoms with Gasteiger partial charge in [-0.1, -0.05) is 18.2 Å². The standard InChI is InChI=1S/C23H26F3N3O4S/c1-15(16-9-11-18(12-10-16)23(24,25)26)27-21(30)20-8-5-13-29(20)22(31)17-6-4-7-19(14-17)34(32,33)28(2)3/h4,6-7,9-12,14-15,20H,5,8,13H2,1-3H3,(H,27,30)/t15-,20-/m1/s1. The lowest BCUT2D eigenvalue weighted by Crippen LogP contribution is -2.46. The maximum absolute atomic E-state index is 13.1. The van der Waals surface area contributed by atoms with Gasteiger partial charge in [0, 0.05) is 26.2 Å². The van der Waals surface area contributed by atoms with E-state index in [2.05, 4.69) is 5.32 Å². The predicted octanol–water partition coefficient (Wildman–Crippen LogP) is 3.44. The van der Waals surface area contributed by atoms with Gasteiger partial charge in [0.25, 0.3) is 5.91 Å². The minimum absolute atomic E-state index is 0.0283. The first-order valence-corrected chi connectivity index (χ1v) is 12.1. The molecule has 34 heavy (non-hydrogen) atoms. The van der Waals surface area contributed by atoms with Crippen LogP contribution in [0.2, 0.25) is 0 Å². The molecule has 7 nitrogen and oxygen atoms in total. The highest BCUT2D eigenvalue weighted by atomic mass is 32.2. The maximum atomic E-state index is 13.1. The first-order chi connectivity index (χ1) is 15.8. The number of carbonyl (C=O) groups is 2. The molecule has 0 aliphatic carbocycles. The number of benzene rings is 2. The molecule has 0 unspecified atom stereocenters. The van der Waals surface area contributed by atoms with Gasteiger partial charge in [0.2, 0.25) is 15.9 Å². The molecule has 1 aliphatic heterocycles. The summed E-state index contributed by atoms with van der Waals surface area (Å²) in [5.74, 6) is -0.883. The summed E-state index contributed by atoms with van der Waals surface area (Å²) in [6.45, 7) is 1.98. The van der Waals surface area contributed by atoms with Crippen LogP contribution < -0.4 is 5.32 Å². The Bertz CT molecular complexity index is 1160. The molecule has 0 radical (unpaired) electrons. The van der Waals surface area contributed by atoms with E-state index in [1.807, 2.05) is 0 Å². The van der Waals surface area contributed by atoms with Crippen LogP contribution in [0.3, 0.4) is 0 Å². The van der Waals surface area contributed by atoms with Gasteiger partial charge in [-0.3, -0.25) is 9.59 Å². The third-order valence-electron chi connectivity index (χ3n) is 5.77. The van der Waals surface area contributed by atoms with Crippen LogP contribution in [0.25, 0.3) is 0 Å². The van der Waals surface area contributed by atoms with Gasteiger partial charge in [0.15, 0.2) is 0 Å². The van der Waals surface area contributed by atoms with Crippen molar-refractivity contribution >= 4 is 21.8 Å². The van der Waals surface area contributed by atoms with Crippen molar-refractivity contribution in [2.75, 3.05) is 20.6 Å². The lowest BCUT2D eigenvalue weighted by molar-refractivity contribution is -0.137. The molecular weight excluding hydrogens is 471 g/mol. The number of nitrogens with one attached hydrogen (secondary N) is 1. The summed E-state index contributed by atoms with van der Waals surface area (Å²) in [5, 5.41) is 2.77. The second-order valence-corrected chi connectivity index (χ2v) is 10.5. The zero-order valence-electron chi connectivity index (χ0n) is 19.0. The smallest absolute Gasteiger partial charge is 0.348 e. The van der Waals surface area contributed by atoms with E-state index in [9.17, 15) is 31.2 Å². The van der Waals surface area contributed by atoms with E-state index in [1.165, 1.54) is 55.4 Å². The minimum atomic E-state index is -4.45. The molecule has 1 saturated heterocycles. The highest BCUT2D eigenvalue weighted by molar-refractivity contribution is 7.89. The molecule has 11 heteroatoms. The van der Waals surface area contributed by atoms with Crippen LogP contribution in [0.5, 0.6) is 0 Å². The van der Waals surface area contributed by atoms with Gasteiger partial charge in [-0.05, 0) is 55.7 Å². The van der Waals surface area contributed by atoms with Gasteiger partial charge < -0.3 is 10.2 Å². The summed E-state index contributed by atoms with van der Waals surface area (Å²) in [7, 11) is -0.950. The van der Waals surface area contributed by atoms with Crippen LogP contribution in [0.15, 0.2) is 53.4 Å². The van der Waals surface area contributed by atoms with Crippen LogP contribution in [-0.4, -0.2) is 56.1 Å². The molecule has 1 heterocycles. The van der Waals surface area contributed by atoms with Crippen molar-refractivity contribution in [3.8, 4) is 0 Å². The number of halogens is 3. The van der Waals surface area contributed by atoms with Crippen LogP contribution in [0.1, 0.15) is 47.3 Å². The van der Waals surface area contributed by atoms with Crippen molar-refractivity contribution in [1.82, 2.24) is 14.5 Å². The minimum Gasteiger partial charge on any atom is -0.348 e. The molecule has 2 atom stereocenters. The number of amides is 2. The largest absolute Gasteiger partial charge is 0.416 e. The molecule has 184 valence electrons. The Morgan fingerprint density at radius 1 is 1.12 bits per heavy atom. The zero-order valence-corrected chi connectivity index (χ0v) is 19.8. The number of likely N-dealkylation sites (tertiary alicyclic amines) is 1. The second-order valence-electron chi connectivity index (χ2n) is 8.32. The highest BCUT2D eigenvalue weighted by Crippen LogP contribution is 2.30. The van der Waals surface area contributed by atoms with Crippen LogP contribution in [0, 0.1) is 0 Å². The number of hydrogen-bond acceptors (Lipinski definition) is 4. The molecule has 0 aromatic heterocycles. The summed E-state index contributed by atoms with van der Waals surface area (Å²) >= 11 is 0. The number of alkyl halides is 3. The Kier molecular flexibility index (Phi) is 7.37. The molecule has 3 rings (SSSR count). The number of carbonyl (C=O) groups excluding carboxylic acids is 2. The maximum Gasteiger partial charge on any atom is 0.416 e. The molecule has 0 bridgehead atoms. The Morgan fingerprint density at radius 3 is 2.35 bits per heavy atom. The van der Waals surface area contributed by atoms with Gasteiger partial charge in [-0.25, -0.2) is 12.7 Å². The fraction of sp³-hybridized carbons (Fsp3) is 0.391. The Balaban J connectivity index is 1.74. The summed E-state index contributed by atoms with van der Waals surface area (Å²) in [6, 6.07) is 8.85.